The third kappa shape index (κ3) is 5.87. The van der Waals surface area contributed by atoms with E-state index in [4.69, 9.17) is 34.8 Å². The molecule has 0 atom stereocenters. The van der Waals surface area contributed by atoms with Gasteiger partial charge in [0.15, 0.2) is 0 Å². The summed E-state index contributed by atoms with van der Waals surface area (Å²) in [7, 11) is -3.58. The summed E-state index contributed by atoms with van der Waals surface area (Å²) in [5, 5.41) is 3.24. The molecule has 2 aromatic rings. The van der Waals surface area contributed by atoms with Crippen LogP contribution in [-0.4, -0.2) is 31.4 Å². The third-order valence-corrected chi connectivity index (χ3v) is 5.51. The molecule has 0 aromatic heterocycles. The maximum absolute atomic E-state index is 12.3. The fraction of sp³-hybridized carbons (Fsp3) is 0.188. The summed E-state index contributed by atoms with van der Waals surface area (Å²) in [5.41, 5.74) is 1.03. The standard InChI is InChI=1S/C16H15Cl3N2O3S/c1-25(23,24)21(9-11-5-3-2-4-6-11)10-16(22)20-15-8-13(18)12(17)7-14(15)19/h2-8H,9-10H2,1H3,(H,20,22). The predicted molar refractivity (Wildman–Crippen MR) is 102 cm³/mol. The van der Waals surface area contributed by atoms with Crippen molar-refractivity contribution in [3.63, 3.8) is 0 Å². The van der Waals surface area contributed by atoms with Crippen molar-refractivity contribution in [1.29, 1.82) is 0 Å². The molecule has 1 amide bonds. The Kier molecular flexibility index (Phi) is 6.71. The minimum atomic E-state index is -3.58. The average Bonchev–Trinajstić information content (AvgIpc) is 2.52. The number of rotatable bonds is 6. The lowest BCUT2D eigenvalue weighted by Crippen LogP contribution is -2.36. The van der Waals surface area contributed by atoms with Gasteiger partial charge in [-0.2, -0.15) is 4.31 Å². The normalized spacial score (nSPS) is 11.6. The Morgan fingerprint density at radius 2 is 1.64 bits per heavy atom. The molecule has 0 saturated carbocycles. The van der Waals surface area contributed by atoms with Crippen LogP contribution < -0.4 is 5.32 Å². The van der Waals surface area contributed by atoms with E-state index in [0.29, 0.717) is 0 Å². The lowest BCUT2D eigenvalue weighted by Gasteiger charge is -2.20. The molecule has 0 heterocycles. The first kappa shape index (κ1) is 20.0. The van der Waals surface area contributed by atoms with Gasteiger partial charge in [-0.05, 0) is 17.7 Å². The largest absolute Gasteiger partial charge is 0.324 e. The van der Waals surface area contributed by atoms with Gasteiger partial charge in [0.05, 0.1) is 33.6 Å². The second-order valence-electron chi connectivity index (χ2n) is 5.31. The zero-order chi connectivity index (χ0) is 18.6. The number of sulfonamides is 1. The maximum atomic E-state index is 12.3. The highest BCUT2D eigenvalue weighted by molar-refractivity contribution is 7.88. The Hall–Kier alpha value is -1.31. The van der Waals surface area contributed by atoms with Crippen molar-refractivity contribution in [3.05, 3.63) is 63.1 Å². The first-order valence-electron chi connectivity index (χ1n) is 7.10. The highest BCUT2D eigenvalue weighted by Gasteiger charge is 2.21. The van der Waals surface area contributed by atoms with Crippen molar-refractivity contribution in [2.24, 2.45) is 0 Å². The van der Waals surface area contributed by atoms with Crippen LogP contribution in [0, 0.1) is 0 Å². The highest BCUT2D eigenvalue weighted by Crippen LogP contribution is 2.32. The number of halogens is 3. The zero-order valence-corrected chi connectivity index (χ0v) is 16.3. The monoisotopic (exact) mass is 420 g/mol. The van der Waals surface area contributed by atoms with Crippen molar-refractivity contribution < 1.29 is 13.2 Å². The van der Waals surface area contributed by atoms with Crippen LogP contribution in [0.2, 0.25) is 15.1 Å². The number of anilines is 1. The van der Waals surface area contributed by atoms with Crippen molar-refractivity contribution in [2.75, 3.05) is 18.1 Å². The number of amides is 1. The van der Waals surface area contributed by atoms with Crippen molar-refractivity contribution in [1.82, 2.24) is 4.31 Å². The topological polar surface area (TPSA) is 66.5 Å². The Morgan fingerprint density at radius 1 is 1.04 bits per heavy atom. The summed E-state index contributed by atoms with van der Waals surface area (Å²) in [5.74, 6) is -0.540. The number of carbonyl (C=O) groups excluding carboxylic acids is 1. The van der Waals surface area contributed by atoms with Crippen LogP contribution in [0.3, 0.4) is 0 Å². The van der Waals surface area contributed by atoms with Gasteiger partial charge in [-0.3, -0.25) is 4.79 Å². The molecule has 0 unspecified atom stereocenters. The lowest BCUT2D eigenvalue weighted by molar-refractivity contribution is -0.116. The average molecular weight is 422 g/mol. The third-order valence-electron chi connectivity index (χ3n) is 3.27. The molecule has 134 valence electrons. The molecule has 0 aliphatic heterocycles. The molecule has 0 spiro atoms. The summed E-state index contributed by atoms with van der Waals surface area (Å²) < 4.78 is 25.0. The number of benzene rings is 2. The SMILES string of the molecule is CS(=O)(=O)N(CC(=O)Nc1cc(Cl)c(Cl)cc1Cl)Cc1ccccc1. The van der Waals surface area contributed by atoms with Gasteiger partial charge in [-0.1, -0.05) is 65.1 Å². The van der Waals surface area contributed by atoms with Crippen molar-refractivity contribution in [3.8, 4) is 0 Å². The maximum Gasteiger partial charge on any atom is 0.239 e. The summed E-state index contributed by atoms with van der Waals surface area (Å²) in [6.07, 6.45) is 1.05. The molecular weight excluding hydrogens is 407 g/mol. The molecule has 0 saturated heterocycles. The van der Waals surface area contributed by atoms with Crippen molar-refractivity contribution >= 4 is 56.4 Å². The van der Waals surface area contributed by atoms with E-state index in [1.807, 2.05) is 6.07 Å². The van der Waals surface area contributed by atoms with Crippen LogP contribution in [0.5, 0.6) is 0 Å². The molecule has 1 N–H and O–H groups in total. The Morgan fingerprint density at radius 3 is 2.24 bits per heavy atom. The zero-order valence-electron chi connectivity index (χ0n) is 13.2. The molecule has 0 aliphatic carbocycles. The van der Waals surface area contributed by atoms with E-state index >= 15 is 0 Å². The molecule has 0 fully saturated rings. The van der Waals surface area contributed by atoms with E-state index < -0.39 is 15.9 Å². The summed E-state index contributed by atoms with van der Waals surface area (Å²) >= 11 is 17.8. The Balaban J connectivity index is 2.14. The van der Waals surface area contributed by atoms with Crippen LogP contribution in [0.4, 0.5) is 5.69 Å². The second-order valence-corrected chi connectivity index (χ2v) is 8.52. The summed E-state index contributed by atoms with van der Waals surface area (Å²) in [6.45, 7) is -0.271. The van der Waals surface area contributed by atoms with Gasteiger partial charge in [0, 0.05) is 6.54 Å². The number of nitrogens with one attached hydrogen (secondary N) is 1. The molecule has 9 heteroatoms. The fourth-order valence-electron chi connectivity index (χ4n) is 2.05. The van der Waals surface area contributed by atoms with Crippen LogP contribution in [-0.2, 0) is 21.4 Å². The summed E-state index contributed by atoms with van der Waals surface area (Å²) in [4.78, 5) is 12.3. The van der Waals surface area contributed by atoms with Gasteiger partial charge >= 0.3 is 0 Å². The number of hydrogen-bond acceptors (Lipinski definition) is 3. The van der Waals surface area contributed by atoms with Gasteiger partial charge in [-0.25, -0.2) is 8.42 Å². The van der Waals surface area contributed by atoms with E-state index in [1.165, 1.54) is 12.1 Å². The van der Waals surface area contributed by atoms with Crippen LogP contribution in [0.15, 0.2) is 42.5 Å². The van der Waals surface area contributed by atoms with Gasteiger partial charge in [-0.15, -0.1) is 0 Å². The molecule has 2 rings (SSSR count). The predicted octanol–water partition coefficient (Wildman–Crippen LogP) is 4.05. The molecule has 0 aliphatic rings. The molecule has 0 radical (unpaired) electrons. The van der Waals surface area contributed by atoms with Gasteiger partial charge in [0.1, 0.15) is 0 Å². The van der Waals surface area contributed by atoms with E-state index in [0.717, 1.165) is 16.1 Å². The van der Waals surface area contributed by atoms with Crippen LogP contribution in [0.25, 0.3) is 0 Å². The van der Waals surface area contributed by atoms with Crippen LogP contribution >= 0.6 is 34.8 Å². The Bertz CT molecular complexity index is 874. The molecule has 25 heavy (non-hydrogen) atoms. The minimum absolute atomic E-state index is 0.0855. The smallest absolute Gasteiger partial charge is 0.239 e. The first-order valence-corrected chi connectivity index (χ1v) is 10.1. The highest BCUT2D eigenvalue weighted by atomic mass is 35.5. The van der Waals surface area contributed by atoms with Crippen LogP contribution in [0.1, 0.15) is 5.56 Å². The summed E-state index contributed by atoms with van der Waals surface area (Å²) in [6, 6.07) is 11.8. The van der Waals surface area contributed by atoms with Gasteiger partial charge < -0.3 is 5.32 Å². The molecular formula is C16H15Cl3N2O3S. The number of nitrogens with zero attached hydrogens (tertiary/aromatic N) is 1. The first-order chi connectivity index (χ1) is 11.7. The van der Waals surface area contributed by atoms with E-state index in [2.05, 4.69) is 5.32 Å². The van der Waals surface area contributed by atoms with Crippen molar-refractivity contribution in [2.45, 2.75) is 6.54 Å². The van der Waals surface area contributed by atoms with E-state index in [1.54, 1.807) is 24.3 Å². The van der Waals surface area contributed by atoms with E-state index in [-0.39, 0.29) is 33.8 Å². The Labute approximate surface area is 161 Å². The van der Waals surface area contributed by atoms with Gasteiger partial charge in [0.25, 0.3) is 0 Å². The fourth-order valence-corrected chi connectivity index (χ4v) is 3.38. The van der Waals surface area contributed by atoms with Gasteiger partial charge in [0.2, 0.25) is 15.9 Å². The molecule has 0 bridgehead atoms. The second kappa shape index (κ2) is 8.38. The lowest BCUT2D eigenvalue weighted by atomic mass is 10.2. The number of carbonyl (C=O) groups is 1. The van der Waals surface area contributed by atoms with E-state index in [9.17, 15) is 13.2 Å². The molecule has 2 aromatic carbocycles. The molecule has 5 nitrogen and oxygen atoms in total. The quantitative estimate of drug-likeness (QED) is 0.716. The minimum Gasteiger partial charge on any atom is -0.324 e. The number of hydrogen-bond donors (Lipinski definition) is 1.